The maximum atomic E-state index is 13.0. The summed E-state index contributed by atoms with van der Waals surface area (Å²) >= 11 is 0. The third kappa shape index (κ3) is 4.54. The highest BCUT2D eigenvalue weighted by molar-refractivity contribution is 5.94. The molecule has 2 fully saturated rings. The standard InChI is InChI=1S/C23H25FN6O/c24-19-13-30(14-19)12-15-1-3-16(4-2-15)23(31)29-22-8-17-7-18(9-27-21(17)11-28-22)20-10-25-5-6-26-20/h5-11,15-16,19H,1-4,12-14H2,(H,28,29,31)/t15-,16-. The number of carbonyl (C=O) groups is 1. The first-order valence-electron chi connectivity index (χ1n) is 10.8. The molecule has 2 aliphatic rings. The van der Waals surface area contributed by atoms with Crippen LogP contribution in [0, 0.1) is 11.8 Å². The van der Waals surface area contributed by atoms with Gasteiger partial charge in [0.15, 0.2) is 0 Å². The Hall–Kier alpha value is -3.00. The second-order valence-electron chi connectivity index (χ2n) is 8.60. The number of pyridine rings is 2. The van der Waals surface area contributed by atoms with E-state index in [9.17, 15) is 9.18 Å². The normalized spacial score (nSPS) is 22.2. The average Bonchev–Trinajstić information content (AvgIpc) is 2.78. The average molecular weight is 420 g/mol. The predicted molar refractivity (Wildman–Crippen MR) is 116 cm³/mol. The lowest BCUT2D eigenvalue weighted by Gasteiger charge is -2.38. The third-order valence-corrected chi connectivity index (χ3v) is 6.32. The van der Waals surface area contributed by atoms with Gasteiger partial charge in [0, 0.05) is 55.1 Å². The number of rotatable bonds is 5. The minimum absolute atomic E-state index is 0.00288. The van der Waals surface area contributed by atoms with Crippen LogP contribution < -0.4 is 5.32 Å². The highest BCUT2D eigenvalue weighted by Gasteiger charge is 2.31. The van der Waals surface area contributed by atoms with Crippen molar-refractivity contribution in [3.8, 4) is 11.3 Å². The Bertz CT molecular complexity index is 1060. The number of fused-ring (bicyclic) bond motifs is 1. The zero-order valence-corrected chi connectivity index (χ0v) is 17.2. The van der Waals surface area contributed by atoms with Gasteiger partial charge in [0.05, 0.1) is 23.6 Å². The van der Waals surface area contributed by atoms with Gasteiger partial charge in [-0.3, -0.25) is 24.6 Å². The van der Waals surface area contributed by atoms with Gasteiger partial charge < -0.3 is 5.32 Å². The second-order valence-corrected chi connectivity index (χ2v) is 8.60. The van der Waals surface area contributed by atoms with E-state index in [-0.39, 0.29) is 11.8 Å². The molecule has 3 aromatic heterocycles. The number of likely N-dealkylation sites (tertiary alicyclic amines) is 1. The van der Waals surface area contributed by atoms with E-state index in [1.807, 2.05) is 12.1 Å². The van der Waals surface area contributed by atoms with Crippen molar-refractivity contribution in [2.75, 3.05) is 25.0 Å². The zero-order chi connectivity index (χ0) is 21.2. The number of hydrogen-bond acceptors (Lipinski definition) is 6. The molecule has 0 radical (unpaired) electrons. The fraction of sp³-hybridized carbons (Fsp3) is 0.435. The minimum atomic E-state index is -0.650. The zero-order valence-electron chi connectivity index (χ0n) is 17.2. The smallest absolute Gasteiger partial charge is 0.228 e. The molecular weight excluding hydrogens is 395 g/mol. The summed E-state index contributed by atoms with van der Waals surface area (Å²) in [5.74, 6) is 1.13. The van der Waals surface area contributed by atoms with Crippen LogP contribution in [0.2, 0.25) is 0 Å². The van der Waals surface area contributed by atoms with Gasteiger partial charge in [-0.15, -0.1) is 0 Å². The van der Waals surface area contributed by atoms with E-state index in [1.54, 1.807) is 31.0 Å². The first kappa shape index (κ1) is 19.9. The van der Waals surface area contributed by atoms with Crippen LogP contribution in [-0.4, -0.2) is 56.5 Å². The molecule has 1 amide bonds. The van der Waals surface area contributed by atoms with Gasteiger partial charge in [0.2, 0.25) is 5.91 Å². The van der Waals surface area contributed by atoms with E-state index in [2.05, 4.69) is 30.2 Å². The Morgan fingerprint density at radius 3 is 2.61 bits per heavy atom. The van der Waals surface area contributed by atoms with Gasteiger partial charge in [0.25, 0.3) is 0 Å². The van der Waals surface area contributed by atoms with Crippen molar-refractivity contribution in [1.29, 1.82) is 0 Å². The van der Waals surface area contributed by atoms with Crippen LogP contribution in [-0.2, 0) is 4.79 Å². The molecule has 3 aromatic rings. The number of alkyl halides is 1. The molecule has 8 heteroatoms. The van der Waals surface area contributed by atoms with Gasteiger partial charge in [-0.1, -0.05) is 0 Å². The molecule has 1 N–H and O–H groups in total. The summed E-state index contributed by atoms with van der Waals surface area (Å²) < 4.78 is 13.0. The Labute approximate surface area is 180 Å². The van der Waals surface area contributed by atoms with Crippen LogP contribution in [0.25, 0.3) is 22.2 Å². The lowest BCUT2D eigenvalue weighted by Crippen LogP contribution is -2.50. The number of amides is 1. The Kier molecular flexibility index (Phi) is 5.55. The van der Waals surface area contributed by atoms with Crippen LogP contribution >= 0.6 is 0 Å². The molecule has 1 saturated heterocycles. The van der Waals surface area contributed by atoms with Gasteiger partial charge in [-0.2, -0.15) is 0 Å². The van der Waals surface area contributed by atoms with Crippen molar-refractivity contribution >= 4 is 22.6 Å². The number of nitrogens with one attached hydrogen (secondary N) is 1. The molecule has 0 unspecified atom stereocenters. The molecule has 0 atom stereocenters. The van der Waals surface area contributed by atoms with E-state index in [4.69, 9.17) is 0 Å². The molecular formula is C23H25FN6O. The monoisotopic (exact) mass is 420 g/mol. The lowest BCUT2D eigenvalue weighted by atomic mass is 9.81. The number of aromatic nitrogens is 4. The predicted octanol–water partition coefficient (Wildman–Crippen LogP) is 3.49. The number of nitrogens with zero attached hydrogens (tertiary/aromatic N) is 5. The van der Waals surface area contributed by atoms with Gasteiger partial charge >= 0.3 is 0 Å². The molecule has 1 saturated carbocycles. The quantitative estimate of drug-likeness (QED) is 0.680. The number of anilines is 1. The molecule has 0 aromatic carbocycles. The van der Waals surface area contributed by atoms with Crippen LogP contribution in [0.1, 0.15) is 25.7 Å². The first-order chi connectivity index (χ1) is 15.1. The summed E-state index contributed by atoms with van der Waals surface area (Å²) in [7, 11) is 0. The van der Waals surface area contributed by atoms with E-state index in [0.717, 1.165) is 54.4 Å². The van der Waals surface area contributed by atoms with Crippen molar-refractivity contribution in [3.05, 3.63) is 43.1 Å². The summed E-state index contributed by atoms with van der Waals surface area (Å²) in [6, 6.07) is 3.83. The van der Waals surface area contributed by atoms with Crippen LogP contribution in [0.5, 0.6) is 0 Å². The summed E-state index contributed by atoms with van der Waals surface area (Å²) in [6.07, 6.45) is 11.5. The Morgan fingerprint density at radius 2 is 1.87 bits per heavy atom. The molecule has 160 valence electrons. The number of carbonyl (C=O) groups excluding carboxylic acids is 1. The van der Waals surface area contributed by atoms with Crippen molar-refractivity contribution in [2.24, 2.45) is 11.8 Å². The highest BCUT2D eigenvalue weighted by atomic mass is 19.1. The second kappa shape index (κ2) is 8.63. The van der Waals surface area contributed by atoms with Gasteiger partial charge in [0.1, 0.15) is 12.0 Å². The summed E-state index contributed by atoms with van der Waals surface area (Å²) in [4.78, 5) is 32.2. The maximum absolute atomic E-state index is 13.0. The van der Waals surface area contributed by atoms with E-state index < -0.39 is 6.17 Å². The van der Waals surface area contributed by atoms with E-state index in [1.165, 1.54) is 0 Å². The Balaban J connectivity index is 1.21. The third-order valence-electron chi connectivity index (χ3n) is 6.32. The van der Waals surface area contributed by atoms with Crippen LogP contribution in [0.4, 0.5) is 10.2 Å². The SMILES string of the molecule is O=C(Nc1cc2cc(-c3cnccn3)cnc2cn1)[C@H]1CC[C@H](CN2CC(F)C2)CC1. The maximum Gasteiger partial charge on any atom is 0.228 e. The van der Waals surface area contributed by atoms with Crippen LogP contribution in [0.3, 0.4) is 0 Å². The Morgan fingerprint density at radius 1 is 1.03 bits per heavy atom. The minimum Gasteiger partial charge on any atom is -0.310 e. The fourth-order valence-corrected chi connectivity index (χ4v) is 4.54. The van der Waals surface area contributed by atoms with E-state index >= 15 is 0 Å². The van der Waals surface area contributed by atoms with Crippen LogP contribution in [0.15, 0.2) is 43.1 Å². The molecule has 0 spiro atoms. The number of hydrogen-bond donors (Lipinski definition) is 1. The fourth-order valence-electron chi connectivity index (χ4n) is 4.54. The number of halogens is 1. The molecule has 1 aliphatic heterocycles. The molecule has 7 nitrogen and oxygen atoms in total. The molecule has 5 rings (SSSR count). The van der Waals surface area contributed by atoms with E-state index in [0.29, 0.717) is 24.8 Å². The van der Waals surface area contributed by atoms with Crippen molar-refractivity contribution in [1.82, 2.24) is 24.8 Å². The highest BCUT2D eigenvalue weighted by Crippen LogP contribution is 2.31. The molecule has 1 aliphatic carbocycles. The summed E-state index contributed by atoms with van der Waals surface area (Å²) in [6.45, 7) is 2.10. The topological polar surface area (TPSA) is 83.9 Å². The molecule has 31 heavy (non-hydrogen) atoms. The summed E-state index contributed by atoms with van der Waals surface area (Å²) in [5, 5.41) is 3.87. The van der Waals surface area contributed by atoms with Gasteiger partial charge in [-0.25, -0.2) is 9.37 Å². The van der Waals surface area contributed by atoms with Crippen molar-refractivity contribution in [3.63, 3.8) is 0 Å². The first-order valence-corrected chi connectivity index (χ1v) is 10.8. The summed E-state index contributed by atoms with van der Waals surface area (Å²) in [5.41, 5.74) is 2.37. The van der Waals surface area contributed by atoms with Gasteiger partial charge in [-0.05, 0) is 43.7 Å². The molecule has 4 heterocycles. The van der Waals surface area contributed by atoms with Crippen molar-refractivity contribution in [2.45, 2.75) is 31.9 Å². The largest absolute Gasteiger partial charge is 0.310 e. The molecule has 0 bridgehead atoms. The lowest BCUT2D eigenvalue weighted by molar-refractivity contribution is -0.121. The van der Waals surface area contributed by atoms with Crippen molar-refractivity contribution < 1.29 is 9.18 Å².